The number of carbonyl (C=O) groups excluding carboxylic acids is 4. The van der Waals surface area contributed by atoms with Crippen LogP contribution in [0.4, 0.5) is 0 Å². The van der Waals surface area contributed by atoms with E-state index in [0.717, 1.165) is 0 Å². The molecule has 0 radical (unpaired) electrons. The number of benzene rings is 2. The molecule has 0 saturated carbocycles. The molecule has 274 valence electrons. The summed E-state index contributed by atoms with van der Waals surface area (Å²) in [6.45, 7) is 2.89. The van der Waals surface area contributed by atoms with E-state index in [1.165, 1.54) is 27.4 Å². The first kappa shape index (κ1) is 38.2. The molecule has 2 amide bonds. The Hall–Kier alpha value is -5.60. The summed E-state index contributed by atoms with van der Waals surface area (Å²) in [5, 5.41) is 32.2. The number of hydrogen-bond donors (Lipinski definition) is 4. The molecule has 2 unspecified atom stereocenters. The lowest BCUT2D eigenvalue weighted by molar-refractivity contribution is -0.126. The summed E-state index contributed by atoms with van der Waals surface area (Å²) >= 11 is 0. The van der Waals surface area contributed by atoms with Crippen LogP contribution in [0.25, 0.3) is 6.08 Å². The summed E-state index contributed by atoms with van der Waals surface area (Å²) in [6.07, 6.45) is 5.25. The van der Waals surface area contributed by atoms with Gasteiger partial charge in [-0.05, 0) is 68.9 Å². The number of hydrogen-bond acceptors (Lipinski definition) is 13. The Labute approximate surface area is 295 Å². The van der Waals surface area contributed by atoms with Gasteiger partial charge in [0.2, 0.25) is 23.5 Å². The van der Waals surface area contributed by atoms with Crippen LogP contribution in [0.1, 0.15) is 96.6 Å². The zero-order chi connectivity index (χ0) is 37.1. The molecule has 0 saturated heterocycles. The number of rotatable bonds is 11. The lowest BCUT2D eigenvalue weighted by Crippen LogP contribution is -2.37. The number of Topliss-reactive ketones (excluding diaryl/α,β-unsaturated/α-hetero) is 1. The minimum absolute atomic E-state index is 0.0399. The predicted octanol–water partition coefficient (Wildman–Crippen LogP) is 4.25. The molecule has 0 spiro atoms. The van der Waals surface area contributed by atoms with Gasteiger partial charge in [0.05, 0.1) is 40.5 Å². The van der Waals surface area contributed by atoms with Crippen molar-refractivity contribution >= 4 is 29.6 Å². The number of phenols is 2. The van der Waals surface area contributed by atoms with Gasteiger partial charge < -0.3 is 44.3 Å². The maximum absolute atomic E-state index is 13.7. The molecule has 1 aliphatic rings. The highest BCUT2D eigenvalue weighted by molar-refractivity contribution is 5.98. The van der Waals surface area contributed by atoms with Crippen molar-refractivity contribution in [2.45, 2.75) is 77.4 Å². The molecular weight excluding hydrogens is 664 g/mol. The van der Waals surface area contributed by atoms with Crippen LogP contribution >= 0.6 is 0 Å². The number of esters is 1. The van der Waals surface area contributed by atoms with Gasteiger partial charge in [0, 0.05) is 30.7 Å². The fraction of sp³-hybridized carbons (Fsp3) is 0.444. The van der Waals surface area contributed by atoms with Crippen LogP contribution in [0.15, 0.2) is 28.8 Å². The Kier molecular flexibility index (Phi) is 13.4. The number of phenolic OH excluding ortho intramolecular Hbond substituents is 2. The number of nitrogens with zero attached hydrogens (tertiary/aromatic N) is 2. The highest BCUT2D eigenvalue weighted by Gasteiger charge is 2.32. The third-order valence-electron chi connectivity index (χ3n) is 8.33. The quantitative estimate of drug-likeness (QED) is 0.206. The zero-order valence-corrected chi connectivity index (χ0v) is 29.4. The average Bonchev–Trinajstić information content (AvgIpc) is 3.52. The minimum Gasteiger partial charge on any atom is -0.507 e. The topological polar surface area (TPSA) is 209 Å². The van der Waals surface area contributed by atoms with Gasteiger partial charge in [-0.25, -0.2) is 4.79 Å². The Morgan fingerprint density at radius 2 is 1.71 bits per heavy atom. The Morgan fingerprint density at radius 3 is 2.35 bits per heavy atom. The fourth-order valence-corrected chi connectivity index (χ4v) is 5.79. The molecule has 2 heterocycles. The van der Waals surface area contributed by atoms with Gasteiger partial charge in [0.1, 0.15) is 22.8 Å². The number of aromatic hydroxyl groups is 2. The van der Waals surface area contributed by atoms with Crippen molar-refractivity contribution in [1.82, 2.24) is 20.8 Å². The number of fused-ring (bicyclic) bond motifs is 1. The highest BCUT2D eigenvalue weighted by Crippen LogP contribution is 2.47. The van der Waals surface area contributed by atoms with E-state index in [4.69, 9.17) is 23.5 Å². The number of aromatic nitrogens is 2. The number of methoxy groups -OCH3 is 3. The zero-order valence-electron chi connectivity index (χ0n) is 29.4. The van der Waals surface area contributed by atoms with Crippen molar-refractivity contribution in [1.29, 1.82) is 0 Å². The smallest absolute Gasteiger partial charge is 0.342 e. The van der Waals surface area contributed by atoms with Crippen LogP contribution in [-0.4, -0.2) is 77.9 Å². The number of ketones is 1. The molecule has 3 aromatic rings. The number of carbonyl (C=O) groups is 4. The summed E-state index contributed by atoms with van der Waals surface area (Å²) in [7, 11) is 4.26. The van der Waals surface area contributed by atoms with Gasteiger partial charge in [0.25, 0.3) is 0 Å². The summed E-state index contributed by atoms with van der Waals surface area (Å²) < 4.78 is 27.2. The first-order valence-electron chi connectivity index (χ1n) is 16.6. The van der Waals surface area contributed by atoms with Gasteiger partial charge in [-0.1, -0.05) is 17.3 Å². The van der Waals surface area contributed by atoms with Crippen molar-refractivity contribution < 1.29 is 52.9 Å². The molecule has 0 bridgehead atoms. The standard InChI is InChI=1S/C36H44N4O11/c1-20-10-9-13-24(41)12-8-6-7-11-22-14-26(42)33(34(45)32(22)36(46)50-20)25(23-15-27(47-3)35(49-5)28(16-23)48-4)17-29(43)37-18-30(44)38-19-31-39-21(2)40-51-31/h7,11,14-16,20,25,42,45H,6,8-10,12-13,17-19H2,1-5H3,(H,37,43)(H,38,44). The SMILES string of the molecule is COc1cc(C(CC(=O)NCC(=O)NCc2nc(C)no2)c2c(O)cc3c(c2O)C(=O)OC(C)CCCC(=O)CCCC=C3)cc(OC)c1OC. The van der Waals surface area contributed by atoms with E-state index in [1.807, 2.05) is 0 Å². The normalized spacial score (nSPS) is 15.9. The van der Waals surface area contributed by atoms with Crippen LogP contribution in [0.5, 0.6) is 28.7 Å². The summed E-state index contributed by atoms with van der Waals surface area (Å²) in [5.41, 5.74) is 0.200. The van der Waals surface area contributed by atoms with Gasteiger partial charge in [0.15, 0.2) is 17.3 Å². The Balaban J connectivity index is 1.75. The van der Waals surface area contributed by atoms with E-state index in [-0.39, 0.29) is 52.2 Å². The number of ether oxygens (including phenoxy) is 4. The molecule has 4 N–H and O–H groups in total. The van der Waals surface area contributed by atoms with E-state index >= 15 is 0 Å². The first-order valence-corrected chi connectivity index (χ1v) is 16.6. The number of nitrogens with one attached hydrogen (secondary N) is 2. The molecule has 0 fully saturated rings. The molecule has 51 heavy (non-hydrogen) atoms. The van der Waals surface area contributed by atoms with E-state index in [1.54, 1.807) is 38.1 Å². The lowest BCUT2D eigenvalue weighted by Gasteiger charge is -2.24. The fourth-order valence-electron chi connectivity index (χ4n) is 5.79. The molecular formula is C36H44N4O11. The van der Waals surface area contributed by atoms with Gasteiger partial charge in [-0.2, -0.15) is 4.98 Å². The highest BCUT2D eigenvalue weighted by atomic mass is 16.5. The number of aryl methyl sites for hydroxylation is 1. The molecule has 1 aromatic heterocycles. The lowest BCUT2D eigenvalue weighted by atomic mass is 9.84. The van der Waals surface area contributed by atoms with E-state index in [0.29, 0.717) is 49.9 Å². The van der Waals surface area contributed by atoms with Crippen LogP contribution < -0.4 is 24.8 Å². The average molecular weight is 709 g/mol. The maximum Gasteiger partial charge on any atom is 0.342 e. The molecule has 15 heteroatoms. The van der Waals surface area contributed by atoms with E-state index in [9.17, 15) is 29.4 Å². The van der Waals surface area contributed by atoms with Crippen molar-refractivity contribution in [2.24, 2.45) is 0 Å². The molecule has 0 aliphatic carbocycles. The maximum atomic E-state index is 13.7. The second-order valence-electron chi connectivity index (χ2n) is 12.1. The van der Waals surface area contributed by atoms with Crippen molar-refractivity contribution in [3.8, 4) is 28.7 Å². The van der Waals surface area contributed by atoms with Gasteiger partial charge >= 0.3 is 5.97 Å². The molecule has 1 aliphatic heterocycles. The van der Waals surface area contributed by atoms with Crippen LogP contribution in [-0.2, 0) is 25.7 Å². The summed E-state index contributed by atoms with van der Waals surface area (Å²) in [4.78, 5) is 55.9. The van der Waals surface area contributed by atoms with Gasteiger partial charge in [-0.15, -0.1) is 0 Å². The van der Waals surface area contributed by atoms with Crippen LogP contribution in [0.2, 0.25) is 0 Å². The molecule has 2 aromatic carbocycles. The first-order chi connectivity index (χ1) is 24.4. The predicted molar refractivity (Wildman–Crippen MR) is 183 cm³/mol. The monoisotopic (exact) mass is 708 g/mol. The van der Waals surface area contributed by atoms with Gasteiger partial charge in [-0.3, -0.25) is 14.4 Å². The molecule has 2 atom stereocenters. The Morgan fingerprint density at radius 1 is 1.00 bits per heavy atom. The number of cyclic esters (lactones) is 1. The van der Waals surface area contributed by atoms with E-state index < -0.39 is 54.3 Å². The van der Waals surface area contributed by atoms with E-state index in [2.05, 4.69) is 20.8 Å². The number of allylic oxidation sites excluding steroid dienone is 1. The van der Waals surface area contributed by atoms with Crippen molar-refractivity contribution in [2.75, 3.05) is 27.9 Å². The largest absolute Gasteiger partial charge is 0.507 e. The van der Waals surface area contributed by atoms with Crippen LogP contribution in [0, 0.1) is 6.92 Å². The summed E-state index contributed by atoms with van der Waals surface area (Å²) in [5.74, 6) is -2.63. The third kappa shape index (κ3) is 9.99. The van der Waals surface area contributed by atoms with Crippen molar-refractivity contribution in [3.63, 3.8) is 0 Å². The third-order valence-corrected chi connectivity index (χ3v) is 8.33. The number of amides is 2. The molecule has 15 nitrogen and oxygen atoms in total. The second kappa shape index (κ2) is 17.9. The Bertz CT molecular complexity index is 1740. The van der Waals surface area contributed by atoms with Crippen molar-refractivity contribution in [3.05, 3.63) is 58.2 Å². The second-order valence-corrected chi connectivity index (χ2v) is 12.1. The summed E-state index contributed by atoms with van der Waals surface area (Å²) in [6, 6.07) is 4.44. The van der Waals surface area contributed by atoms with Crippen LogP contribution in [0.3, 0.4) is 0 Å². The molecule has 4 rings (SSSR count). The minimum atomic E-state index is -1.11.